The fraction of sp³-hybridized carbons (Fsp3) is 0.400. The second kappa shape index (κ2) is 8.11. The van der Waals surface area contributed by atoms with Gasteiger partial charge in [0, 0.05) is 37.6 Å². The van der Waals surface area contributed by atoms with Gasteiger partial charge in [0.1, 0.15) is 17.0 Å². The van der Waals surface area contributed by atoms with E-state index in [-0.39, 0.29) is 12.4 Å². The van der Waals surface area contributed by atoms with Crippen LogP contribution in [-0.2, 0) is 13.0 Å². The highest BCUT2D eigenvalue weighted by Crippen LogP contribution is 2.33. The highest BCUT2D eigenvalue weighted by atomic mass is 35.5. The number of ether oxygens (including phenoxy) is 2. The highest BCUT2D eigenvalue weighted by molar-refractivity contribution is 7.18. The molecule has 0 bridgehead atoms. The number of nitrogens with zero attached hydrogens (tertiary/aromatic N) is 4. The quantitative estimate of drug-likeness (QED) is 0.643. The second-order valence-electron chi connectivity index (χ2n) is 6.93. The molecule has 4 heterocycles. The lowest BCUT2D eigenvalue weighted by atomic mass is 10.1. The van der Waals surface area contributed by atoms with Crippen molar-refractivity contribution in [2.45, 2.75) is 19.9 Å². The fourth-order valence-electron chi connectivity index (χ4n) is 3.73. The van der Waals surface area contributed by atoms with Gasteiger partial charge in [-0.15, -0.1) is 23.7 Å². The number of anilines is 1. The monoisotopic (exact) mass is 418 g/mol. The molecular weight excluding hydrogens is 396 g/mol. The van der Waals surface area contributed by atoms with Crippen molar-refractivity contribution in [3.63, 3.8) is 0 Å². The van der Waals surface area contributed by atoms with Crippen LogP contribution in [-0.4, -0.2) is 47.8 Å². The molecule has 28 heavy (non-hydrogen) atoms. The van der Waals surface area contributed by atoms with Crippen LogP contribution in [0.15, 0.2) is 30.6 Å². The van der Waals surface area contributed by atoms with E-state index in [1.165, 1.54) is 15.8 Å². The Morgan fingerprint density at radius 2 is 1.86 bits per heavy atom. The lowest BCUT2D eigenvalue weighted by Crippen LogP contribution is -2.46. The van der Waals surface area contributed by atoms with E-state index in [2.05, 4.69) is 44.9 Å². The lowest BCUT2D eigenvalue weighted by molar-refractivity contribution is 0.174. The fourth-order valence-corrected chi connectivity index (χ4v) is 4.66. The first kappa shape index (κ1) is 19.2. The Labute approximate surface area is 174 Å². The van der Waals surface area contributed by atoms with E-state index >= 15 is 0 Å². The Morgan fingerprint density at radius 1 is 1.04 bits per heavy atom. The predicted molar refractivity (Wildman–Crippen MR) is 114 cm³/mol. The van der Waals surface area contributed by atoms with Gasteiger partial charge in [0.05, 0.1) is 5.39 Å². The molecular formula is C20H23ClN4O2S. The molecule has 2 aliphatic heterocycles. The molecule has 5 rings (SSSR count). The topological polar surface area (TPSA) is 50.7 Å². The van der Waals surface area contributed by atoms with Crippen LogP contribution >= 0.6 is 23.7 Å². The molecule has 6 nitrogen and oxygen atoms in total. The minimum Gasteiger partial charge on any atom is -0.454 e. The number of piperazine rings is 1. The number of aromatic nitrogens is 2. The van der Waals surface area contributed by atoms with Crippen LogP contribution < -0.4 is 14.4 Å². The van der Waals surface area contributed by atoms with Crippen molar-refractivity contribution in [2.24, 2.45) is 0 Å². The van der Waals surface area contributed by atoms with Gasteiger partial charge in [-0.2, -0.15) is 0 Å². The van der Waals surface area contributed by atoms with Gasteiger partial charge in [-0.1, -0.05) is 13.0 Å². The Bertz CT molecular complexity index is 972. The van der Waals surface area contributed by atoms with Crippen LogP contribution in [0.4, 0.5) is 5.82 Å². The summed E-state index contributed by atoms with van der Waals surface area (Å²) in [6.45, 7) is 7.44. The number of hydrogen-bond acceptors (Lipinski definition) is 7. The van der Waals surface area contributed by atoms with Crippen LogP contribution in [0.5, 0.6) is 11.5 Å². The van der Waals surface area contributed by atoms with Crippen molar-refractivity contribution in [3.8, 4) is 11.5 Å². The number of halogens is 1. The number of rotatable bonds is 4. The van der Waals surface area contributed by atoms with Crippen molar-refractivity contribution in [1.82, 2.24) is 14.9 Å². The minimum absolute atomic E-state index is 0. The van der Waals surface area contributed by atoms with E-state index in [4.69, 9.17) is 9.47 Å². The minimum atomic E-state index is 0. The summed E-state index contributed by atoms with van der Waals surface area (Å²) in [5, 5.41) is 1.20. The molecule has 1 saturated heterocycles. The first-order valence-corrected chi connectivity index (χ1v) is 10.2. The van der Waals surface area contributed by atoms with E-state index in [0.717, 1.165) is 61.3 Å². The molecule has 3 aromatic rings. The molecule has 1 aromatic carbocycles. The average Bonchev–Trinajstić information content (AvgIpc) is 3.34. The van der Waals surface area contributed by atoms with Gasteiger partial charge in [-0.05, 0) is 30.2 Å². The van der Waals surface area contributed by atoms with E-state index in [0.29, 0.717) is 6.79 Å². The van der Waals surface area contributed by atoms with Crippen molar-refractivity contribution >= 4 is 39.8 Å². The van der Waals surface area contributed by atoms with Crippen LogP contribution in [0.2, 0.25) is 0 Å². The molecule has 0 N–H and O–H groups in total. The Balaban J connectivity index is 0.00000192. The molecule has 0 amide bonds. The van der Waals surface area contributed by atoms with Crippen molar-refractivity contribution < 1.29 is 9.47 Å². The standard InChI is InChI=1S/C20H22N4O2S.ClH/c1-2-15-10-16-19(21-12-22-20(16)27-15)24-7-5-23(6-8-24)11-14-3-4-17-18(9-14)26-13-25-17;/h3-4,9-10,12H,2,5-8,11,13H2,1H3;1H. The zero-order valence-corrected chi connectivity index (χ0v) is 17.4. The zero-order chi connectivity index (χ0) is 18.2. The molecule has 0 spiro atoms. The molecule has 2 aromatic heterocycles. The van der Waals surface area contributed by atoms with Gasteiger partial charge < -0.3 is 14.4 Å². The van der Waals surface area contributed by atoms with Crippen molar-refractivity contribution in [3.05, 3.63) is 41.0 Å². The maximum absolute atomic E-state index is 5.49. The van der Waals surface area contributed by atoms with Gasteiger partial charge in [0.25, 0.3) is 0 Å². The first-order valence-electron chi connectivity index (χ1n) is 9.39. The third-order valence-corrected chi connectivity index (χ3v) is 6.41. The summed E-state index contributed by atoms with van der Waals surface area (Å²) < 4.78 is 10.9. The second-order valence-corrected chi connectivity index (χ2v) is 8.05. The third kappa shape index (κ3) is 3.62. The number of aryl methyl sites for hydroxylation is 1. The normalized spacial score (nSPS) is 16.4. The van der Waals surface area contributed by atoms with Crippen molar-refractivity contribution in [1.29, 1.82) is 0 Å². The first-order chi connectivity index (χ1) is 13.3. The molecule has 8 heteroatoms. The van der Waals surface area contributed by atoms with Gasteiger partial charge in [0.15, 0.2) is 11.5 Å². The lowest BCUT2D eigenvalue weighted by Gasteiger charge is -2.35. The molecule has 0 saturated carbocycles. The summed E-state index contributed by atoms with van der Waals surface area (Å²) in [4.78, 5) is 16.4. The summed E-state index contributed by atoms with van der Waals surface area (Å²) in [6, 6.07) is 8.49. The van der Waals surface area contributed by atoms with Gasteiger partial charge >= 0.3 is 0 Å². The summed E-state index contributed by atoms with van der Waals surface area (Å²) in [5.41, 5.74) is 1.27. The summed E-state index contributed by atoms with van der Waals surface area (Å²) in [7, 11) is 0. The van der Waals surface area contributed by atoms with Gasteiger partial charge in [0.2, 0.25) is 6.79 Å². The zero-order valence-electron chi connectivity index (χ0n) is 15.8. The Kier molecular flexibility index (Phi) is 5.57. The van der Waals surface area contributed by atoms with Gasteiger partial charge in [-0.3, -0.25) is 4.90 Å². The van der Waals surface area contributed by atoms with Crippen LogP contribution in [0.25, 0.3) is 10.2 Å². The van der Waals surface area contributed by atoms with E-state index in [9.17, 15) is 0 Å². The molecule has 0 atom stereocenters. The van der Waals surface area contributed by atoms with Crippen LogP contribution in [0.1, 0.15) is 17.4 Å². The third-order valence-electron chi connectivity index (χ3n) is 5.22. The predicted octanol–water partition coefficient (Wildman–Crippen LogP) is 3.73. The average molecular weight is 419 g/mol. The van der Waals surface area contributed by atoms with Crippen LogP contribution in [0.3, 0.4) is 0 Å². The Hall–Kier alpha value is -2.09. The molecule has 2 aliphatic rings. The largest absolute Gasteiger partial charge is 0.454 e. The SMILES string of the molecule is CCc1cc2c(N3CCN(Cc4ccc5c(c4)OCO5)CC3)ncnc2s1.Cl. The molecule has 0 radical (unpaired) electrons. The van der Waals surface area contributed by atoms with E-state index in [1.807, 2.05) is 6.07 Å². The highest BCUT2D eigenvalue weighted by Gasteiger charge is 2.21. The summed E-state index contributed by atoms with van der Waals surface area (Å²) in [5.74, 6) is 2.79. The maximum atomic E-state index is 5.49. The molecule has 148 valence electrons. The smallest absolute Gasteiger partial charge is 0.231 e. The number of benzene rings is 1. The van der Waals surface area contributed by atoms with Crippen molar-refractivity contribution in [2.75, 3.05) is 37.9 Å². The summed E-state index contributed by atoms with van der Waals surface area (Å²) >= 11 is 1.78. The number of fused-ring (bicyclic) bond motifs is 2. The number of thiophene rings is 1. The van der Waals surface area contributed by atoms with E-state index < -0.39 is 0 Å². The number of hydrogen-bond donors (Lipinski definition) is 0. The molecule has 1 fully saturated rings. The van der Waals surface area contributed by atoms with Gasteiger partial charge in [-0.25, -0.2) is 9.97 Å². The van der Waals surface area contributed by atoms with Crippen LogP contribution in [0, 0.1) is 0 Å². The molecule has 0 aliphatic carbocycles. The molecule has 0 unspecified atom stereocenters. The maximum Gasteiger partial charge on any atom is 0.231 e. The van der Waals surface area contributed by atoms with E-state index in [1.54, 1.807) is 17.7 Å². The summed E-state index contributed by atoms with van der Waals surface area (Å²) in [6.07, 6.45) is 2.75. The Morgan fingerprint density at radius 3 is 2.68 bits per heavy atom.